The van der Waals surface area contributed by atoms with Gasteiger partial charge in [-0.25, -0.2) is 13.4 Å². The number of hydrogen-bond acceptors (Lipinski definition) is 5. The number of benzene rings is 3. The molecule has 0 fully saturated rings. The van der Waals surface area contributed by atoms with Crippen molar-refractivity contribution in [3.8, 4) is 11.3 Å². The molecule has 0 spiro atoms. The van der Waals surface area contributed by atoms with Crippen LogP contribution in [0.5, 0.6) is 0 Å². The summed E-state index contributed by atoms with van der Waals surface area (Å²) in [5.41, 5.74) is 4.51. The molecule has 162 valence electrons. The van der Waals surface area contributed by atoms with E-state index in [0.29, 0.717) is 5.13 Å². The molecule has 3 aromatic carbocycles. The SMILES string of the molecule is Cc1ccc(-c2csc(NC(=O)c3ccccc3NS(=O)(=O)c3ccccc3)n2)cc1C. The van der Waals surface area contributed by atoms with Crippen LogP contribution in [0.15, 0.2) is 83.1 Å². The van der Waals surface area contributed by atoms with E-state index in [1.165, 1.54) is 34.6 Å². The van der Waals surface area contributed by atoms with Gasteiger partial charge >= 0.3 is 0 Å². The molecule has 0 saturated heterocycles. The van der Waals surface area contributed by atoms with E-state index in [1.807, 2.05) is 24.4 Å². The van der Waals surface area contributed by atoms with Crippen LogP contribution in [0.4, 0.5) is 10.8 Å². The lowest BCUT2D eigenvalue weighted by atomic mass is 10.1. The van der Waals surface area contributed by atoms with Crippen molar-refractivity contribution in [1.82, 2.24) is 4.98 Å². The standard InChI is InChI=1S/C24H21N3O3S2/c1-16-12-13-18(14-17(16)2)22-15-31-24(25-22)26-23(28)20-10-6-7-11-21(20)27-32(29,30)19-8-4-3-5-9-19/h3-15,27H,1-2H3,(H,25,26,28). The van der Waals surface area contributed by atoms with Gasteiger partial charge in [0.2, 0.25) is 0 Å². The summed E-state index contributed by atoms with van der Waals surface area (Å²) in [5.74, 6) is -0.447. The van der Waals surface area contributed by atoms with Gasteiger partial charge in [-0.2, -0.15) is 0 Å². The normalized spacial score (nSPS) is 11.2. The number of aromatic nitrogens is 1. The number of carbonyl (C=O) groups is 1. The lowest BCUT2D eigenvalue weighted by Crippen LogP contribution is -2.18. The number of rotatable bonds is 6. The number of para-hydroxylation sites is 1. The summed E-state index contributed by atoms with van der Waals surface area (Å²) >= 11 is 1.31. The van der Waals surface area contributed by atoms with Gasteiger partial charge in [-0.05, 0) is 55.3 Å². The van der Waals surface area contributed by atoms with E-state index in [-0.39, 0.29) is 16.1 Å². The molecule has 2 N–H and O–H groups in total. The Labute approximate surface area is 191 Å². The molecule has 1 aromatic heterocycles. The molecule has 0 bridgehead atoms. The Balaban J connectivity index is 1.55. The molecule has 1 heterocycles. The molecule has 0 aliphatic rings. The van der Waals surface area contributed by atoms with Crippen LogP contribution >= 0.6 is 11.3 Å². The van der Waals surface area contributed by atoms with Crippen LogP contribution in [-0.2, 0) is 10.0 Å². The van der Waals surface area contributed by atoms with Gasteiger partial charge in [-0.1, -0.05) is 42.5 Å². The number of aryl methyl sites for hydroxylation is 2. The average Bonchev–Trinajstić information content (AvgIpc) is 3.25. The van der Waals surface area contributed by atoms with E-state index >= 15 is 0 Å². The average molecular weight is 464 g/mol. The van der Waals surface area contributed by atoms with Crippen molar-refractivity contribution >= 4 is 38.1 Å². The summed E-state index contributed by atoms with van der Waals surface area (Å²) in [7, 11) is -3.82. The maximum absolute atomic E-state index is 12.9. The zero-order valence-electron chi connectivity index (χ0n) is 17.5. The summed E-state index contributed by atoms with van der Waals surface area (Å²) in [6.07, 6.45) is 0. The van der Waals surface area contributed by atoms with Crippen molar-refractivity contribution in [2.45, 2.75) is 18.7 Å². The van der Waals surface area contributed by atoms with Crippen molar-refractivity contribution in [3.05, 3.63) is 94.9 Å². The van der Waals surface area contributed by atoms with Crippen molar-refractivity contribution in [2.24, 2.45) is 0 Å². The van der Waals surface area contributed by atoms with Crippen molar-refractivity contribution in [2.75, 3.05) is 10.0 Å². The summed E-state index contributed by atoms with van der Waals surface area (Å²) in [5, 5.41) is 5.09. The molecule has 0 unspecified atom stereocenters. The largest absolute Gasteiger partial charge is 0.298 e. The summed E-state index contributed by atoms with van der Waals surface area (Å²) in [6.45, 7) is 4.09. The van der Waals surface area contributed by atoms with Gasteiger partial charge in [-0.3, -0.25) is 14.8 Å². The Kier molecular flexibility index (Phi) is 6.07. The minimum absolute atomic E-state index is 0.119. The second-order valence-corrected chi connectivity index (χ2v) is 9.80. The molecular formula is C24H21N3O3S2. The molecule has 1 amide bonds. The second-order valence-electron chi connectivity index (χ2n) is 7.26. The Morgan fingerprint density at radius 3 is 2.38 bits per heavy atom. The van der Waals surface area contributed by atoms with Gasteiger partial charge < -0.3 is 0 Å². The zero-order chi connectivity index (χ0) is 22.7. The Morgan fingerprint density at radius 2 is 1.62 bits per heavy atom. The number of hydrogen-bond donors (Lipinski definition) is 2. The Morgan fingerprint density at radius 1 is 0.906 bits per heavy atom. The highest BCUT2D eigenvalue weighted by molar-refractivity contribution is 7.92. The summed E-state index contributed by atoms with van der Waals surface area (Å²) in [6, 6.07) is 20.6. The lowest BCUT2D eigenvalue weighted by molar-refractivity contribution is 0.102. The van der Waals surface area contributed by atoms with Crippen molar-refractivity contribution in [1.29, 1.82) is 0 Å². The second kappa shape index (κ2) is 8.94. The Bertz CT molecular complexity index is 1380. The first-order valence-corrected chi connectivity index (χ1v) is 12.2. The van der Waals surface area contributed by atoms with Crippen LogP contribution in [0.3, 0.4) is 0 Å². The molecule has 6 nitrogen and oxygen atoms in total. The highest BCUT2D eigenvalue weighted by Crippen LogP contribution is 2.28. The van der Waals surface area contributed by atoms with Gasteiger partial charge in [0, 0.05) is 10.9 Å². The topological polar surface area (TPSA) is 88.2 Å². The molecule has 8 heteroatoms. The zero-order valence-corrected chi connectivity index (χ0v) is 19.1. The lowest BCUT2D eigenvalue weighted by Gasteiger charge is -2.12. The fourth-order valence-electron chi connectivity index (χ4n) is 3.10. The van der Waals surface area contributed by atoms with E-state index in [2.05, 4.69) is 28.0 Å². The van der Waals surface area contributed by atoms with E-state index in [4.69, 9.17) is 0 Å². The molecule has 0 radical (unpaired) electrons. The molecular weight excluding hydrogens is 442 g/mol. The Hall–Kier alpha value is -3.49. The summed E-state index contributed by atoms with van der Waals surface area (Å²) < 4.78 is 27.9. The van der Waals surface area contributed by atoms with Gasteiger partial charge in [-0.15, -0.1) is 11.3 Å². The maximum Gasteiger partial charge on any atom is 0.261 e. The van der Waals surface area contributed by atoms with Crippen LogP contribution < -0.4 is 10.0 Å². The fraction of sp³-hybridized carbons (Fsp3) is 0.0833. The quantitative estimate of drug-likeness (QED) is 0.396. The third-order valence-electron chi connectivity index (χ3n) is 5.00. The number of nitrogens with one attached hydrogen (secondary N) is 2. The summed E-state index contributed by atoms with van der Waals surface area (Å²) in [4.78, 5) is 17.6. The molecule has 32 heavy (non-hydrogen) atoms. The van der Waals surface area contributed by atoms with Crippen LogP contribution in [-0.4, -0.2) is 19.3 Å². The number of sulfonamides is 1. The number of anilines is 2. The molecule has 0 aliphatic heterocycles. The smallest absolute Gasteiger partial charge is 0.261 e. The first kappa shape index (κ1) is 21.7. The van der Waals surface area contributed by atoms with E-state index in [0.717, 1.165) is 11.3 Å². The van der Waals surface area contributed by atoms with Gasteiger partial charge in [0.15, 0.2) is 5.13 Å². The third kappa shape index (κ3) is 4.71. The first-order valence-electron chi connectivity index (χ1n) is 9.85. The van der Waals surface area contributed by atoms with Crippen molar-refractivity contribution < 1.29 is 13.2 Å². The van der Waals surface area contributed by atoms with Crippen LogP contribution in [0.1, 0.15) is 21.5 Å². The van der Waals surface area contributed by atoms with Gasteiger partial charge in [0.1, 0.15) is 0 Å². The first-order chi connectivity index (χ1) is 15.3. The number of amides is 1. The van der Waals surface area contributed by atoms with E-state index in [1.54, 1.807) is 42.5 Å². The van der Waals surface area contributed by atoms with E-state index < -0.39 is 15.9 Å². The molecule has 4 rings (SSSR count). The van der Waals surface area contributed by atoms with Gasteiger partial charge in [0.05, 0.1) is 21.8 Å². The molecule has 0 saturated carbocycles. The number of carbonyl (C=O) groups excluding carboxylic acids is 1. The highest BCUT2D eigenvalue weighted by Gasteiger charge is 2.19. The fourth-order valence-corrected chi connectivity index (χ4v) is 4.92. The number of thiazole rings is 1. The monoisotopic (exact) mass is 463 g/mol. The van der Waals surface area contributed by atoms with Crippen LogP contribution in [0, 0.1) is 13.8 Å². The molecule has 4 aromatic rings. The minimum atomic E-state index is -3.82. The van der Waals surface area contributed by atoms with E-state index in [9.17, 15) is 13.2 Å². The highest BCUT2D eigenvalue weighted by atomic mass is 32.2. The molecule has 0 atom stereocenters. The van der Waals surface area contributed by atoms with Crippen molar-refractivity contribution in [3.63, 3.8) is 0 Å². The predicted octanol–water partition coefficient (Wildman–Crippen LogP) is 5.48. The minimum Gasteiger partial charge on any atom is -0.298 e. The van der Waals surface area contributed by atoms with Crippen LogP contribution in [0.2, 0.25) is 0 Å². The third-order valence-corrected chi connectivity index (χ3v) is 7.14. The predicted molar refractivity (Wildman–Crippen MR) is 129 cm³/mol. The van der Waals surface area contributed by atoms with Gasteiger partial charge in [0.25, 0.3) is 15.9 Å². The number of nitrogens with zero attached hydrogens (tertiary/aromatic N) is 1. The van der Waals surface area contributed by atoms with Crippen LogP contribution in [0.25, 0.3) is 11.3 Å². The molecule has 0 aliphatic carbocycles. The maximum atomic E-state index is 12.9.